The third-order valence-corrected chi connectivity index (χ3v) is 6.12. The first-order chi connectivity index (χ1) is 13.7. The Morgan fingerprint density at radius 2 is 1.11 bits per heavy atom. The molecule has 0 fully saturated rings. The van der Waals surface area contributed by atoms with Crippen LogP contribution in [0.5, 0.6) is 0 Å². The first-order valence-electron chi connectivity index (χ1n) is 11.9. The second kappa shape index (κ2) is 18.8. The highest BCUT2D eigenvalue weighted by atomic mass is 35.5. The lowest BCUT2D eigenvalue weighted by Gasteiger charge is -2.07. The van der Waals surface area contributed by atoms with Gasteiger partial charge in [0.2, 0.25) is 0 Å². The molecule has 0 unspecified atom stereocenters. The Kier molecular flexibility index (Phi) is 17.3. The first-order valence-corrected chi connectivity index (χ1v) is 12.6. The topological polar surface area (TPSA) is 12.0 Å². The summed E-state index contributed by atoms with van der Waals surface area (Å²) in [6.07, 6.45) is 22.6. The molecule has 1 aromatic rings. The molecule has 0 atom stereocenters. The summed E-state index contributed by atoms with van der Waals surface area (Å²) >= 11 is 12.1. The zero-order valence-electron chi connectivity index (χ0n) is 18.2. The molecule has 0 saturated carbocycles. The van der Waals surface area contributed by atoms with Gasteiger partial charge in [0.1, 0.15) is 0 Å². The molecule has 0 spiro atoms. The van der Waals surface area contributed by atoms with Crippen LogP contribution in [0.15, 0.2) is 18.2 Å². The van der Waals surface area contributed by atoms with Gasteiger partial charge < -0.3 is 5.32 Å². The Hall–Kier alpha value is -0.240. The van der Waals surface area contributed by atoms with E-state index in [0.29, 0.717) is 5.02 Å². The molecule has 0 heterocycles. The lowest BCUT2D eigenvalue weighted by molar-refractivity contribution is 0.525. The van der Waals surface area contributed by atoms with Crippen LogP contribution in [-0.2, 0) is 6.54 Å². The number of hydrogen-bond donors (Lipinski definition) is 1. The maximum Gasteiger partial charge on any atom is 0.0465 e. The molecule has 0 aromatic heterocycles. The maximum atomic E-state index is 6.19. The van der Waals surface area contributed by atoms with Gasteiger partial charge in [-0.15, -0.1) is 0 Å². The quantitative estimate of drug-likeness (QED) is 0.216. The van der Waals surface area contributed by atoms with E-state index in [0.717, 1.165) is 23.7 Å². The molecule has 0 saturated heterocycles. The van der Waals surface area contributed by atoms with Crippen LogP contribution in [-0.4, -0.2) is 6.54 Å². The van der Waals surface area contributed by atoms with Crippen LogP contribution >= 0.6 is 23.2 Å². The Bertz CT molecular complexity index is 476. The number of unbranched alkanes of at least 4 members (excludes halogenated alkanes) is 15. The van der Waals surface area contributed by atoms with Gasteiger partial charge in [-0.05, 0) is 30.7 Å². The summed E-state index contributed by atoms with van der Waals surface area (Å²) in [4.78, 5) is 0. The van der Waals surface area contributed by atoms with Crippen molar-refractivity contribution < 1.29 is 0 Å². The van der Waals surface area contributed by atoms with Crippen LogP contribution < -0.4 is 5.32 Å². The molecule has 1 N–H and O–H groups in total. The van der Waals surface area contributed by atoms with E-state index in [1.54, 1.807) is 0 Å². The van der Waals surface area contributed by atoms with Crippen LogP contribution in [0.2, 0.25) is 10.0 Å². The zero-order valence-corrected chi connectivity index (χ0v) is 19.7. The van der Waals surface area contributed by atoms with Gasteiger partial charge in [-0.3, -0.25) is 0 Å². The lowest BCUT2D eigenvalue weighted by atomic mass is 10.0. The van der Waals surface area contributed by atoms with Crippen molar-refractivity contribution in [2.24, 2.45) is 0 Å². The first kappa shape index (κ1) is 25.8. The summed E-state index contributed by atoms with van der Waals surface area (Å²) in [5.41, 5.74) is 1.13. The minimum absolute atomic E-state index is 0.701. The minimum atomic E-state index is 0.701. The number of hydrogen-bond acceptors (Lipinski definition) is 1. The van der Waals surface area contributed by atoms with Crippen molar-refractivity contribution in [1.82, 2.24) is 5.32 Å². The fraction of sp³-hybridized carbons (Fsp3) is 0.760. The van der Waals surface area contributed by atoms with Crippen LogP contribution in [0.1, 0.15) is 115 Å². The van der Waals surface area contributed by atoms with Gasteiger partial charge in [-0.2, -0.15) is 0 Å². The van der Waals surface area contributed by atoms with Crippen LogP contribution in [0, 0.1) is 0 Å². The van der Waals surface area contributed by atoms with E-state index in [2.05, 4.69) is 12.2 Å². The van der Waals surface area contributed by atoms with Crippen molar-refractivity contribution in [1.29, 1.82) is 0 Å². The van der Waals surface area contributed by atoms with Crippen molar-refractivity contribution in [3.63, 3.8) is 0 Å². The van der Waals surface area contributed by atoms with Crippen molar-refractivity contribution >= 4 is 23.2 Å². The lowest BCUT2D eigenvalue weighted by Crippen LogP contribution is -2.14. The normalized spacial score (nSPS) is 11.2. The predicted molar refractivity (Wildman–Crippen MR) is 128 cm³/mol. The average molecular weight is 429 g/mol. The third kappa shape index (κ3) is 14.7. The molecule has 28 heavy (non-hydrogen) atoms. The van der Waals surface area contributed by atoms with E-state index in [1.165, 1.54) is 103 Å². The number of nitrogens with one attached hydrogen (secondary N) is 1. The van der Waals surface area contributed by atoms with Crippen LogP contribution in [0.25, 0.3) is 0 Å². The smallest absolute Gasteiger partial charge is 0.0465 e. The number of rotatable bonds is 19. The molecule has 162 valence electrons. The Labute approximate surface area is 185 Å². The molecule has 0 aliphatic rings. The largest absolute Gasteiger partial charge is 0.313 e. The van der Waals surface area contributed by atoms with E-state index in [9.17, 15) is 0 Å². The van der Waals surface area contributed by atoms with Crippen molar-refractivity contribution in [3.8, 4) is 0 Å². The predicted octanol–water partition coefficient (Wildman–Crippen LogP) is 9.34. The molecule has 1 rings (SSSR count). The minimum Gasteiger partial charge on any atom is -0.313 e. The second-order valence-electron chi connectivity index (χ2n) is 8.22. The summed E-state index contributed by atoms with van der Waals surface area (Å²) in [5, 5.41) is 4.94. The van der Waals surface area contributed by atoms with E-state index < -0.39 is 0 Å². The van der Waals surface area contributed by atoms with E-state index in [1.807, 2.05) is 18.2 Å². The zero-order chi connectivity index (χ0) is 20.3. The molecule has 0 aliphatic heterocycles. The van der Waals surface area contributed by atoms with Gasteiger partial charge in [0.05, 0.1) is 0 Å². The van der Waals surface area contributed by atoms with Gasteiger partial charge in [-0.1, -0.05) is 133 Å². The molecular weight excluding hydrogens is 385 g/mol. The van der Waals surface area contributed by atoms with Gasteiger partial charge in [0, 0.05) is 16.6 Å². The molecule has 0 radical (unpaired) electrons. The third-order valence-electron chi connectivity index (χ3n) is 5.54. The Balaban J connectivity index is 1.76. The molecular formula is C25H43Cl2N. The average Bonchev–Trinajstić information content (AvgIpc) is 2.68. The van der Waals surface area contributed by atoms with E-state index >= 15 is 0 Å². The van der Waals surface area contributed by atoms with Gasteiger partial charge in [-0.25, -0.2) is 0 Å². The van der Waals surface area contributed by atoms with E-state index in [4.69, 9.17) is 23.2 Å². The summed E-state index contributed by atoms with van der Waals surface area (Å²) in [6, 6.07) is 5.72. The van der Waals surface area contributed by atoms with Gasteiger partial charge in [0.15, 0.2) is 0 Å². The number of halogens is 2. The van der Waals surface area contributed by atoms with Gasteiger partial charge in [0.25, 0.3) is 0 Å². The van der Waals surface area contributed by atoms with Crippen LogP contribution in [0.4, 0.5) is 0 Å². The maximum absolute atomic E-state index is 6.19. The highest BCUT2D eigenvalue weighted by Crippen LogP contribution is 2.20. The molecule has 1 nitrogen and oxygen atoms in total. The Morgan fingerprint density at radius 3 is 1.57 bits per heavy atom. The summed E-state index contributed by atoms with van der Waals surface area (Å²) in [5.74, 6) is 0. The molecule has 0 aliphatic carbocycles. The monoisotopic (exact) mass is 427 g/mol. The standard InChI is InChI=1S/C25H43Cl2N/c1-2-3-4-5-6-7-8-9-10-11-12-13-14-15-16-17-20-28-22-23-18-19-24(26)21-25(23)27/h18-19,21,28H,2-17,20,22H2,1H3. The molecule has 0 bridgehead atoms. The van der Waals surface area contributed by atoms with Crippen molar-refractivity contribution in [3.05, 3.63) is 33.8 Å². The molecule has 0 amide bonds. The SMILES string of the molecule is CCCCCCCCCCCCCCCCCCNCc1ccc(Cl)cc1Cl. The summed E-state index contributed by atoms with van der Waals surface area (Å²) < 4.78 is 0. The highest BCUT2D eigenvalue weighted by Gasteiger charge is 2.00. The highest BCUT2D eigenvalue weighted by molar-refractivity contribution is 6.35. The number of benzene rings is 1. The fourth-order valence-electron chi connectivity index (χ4n) is 3.69. The van der Waals surface area contributed by atoms with Crippen LogP contribution in [0.3, 0.4) is 0 Å². The van der Waals surface area contributed by atoms with E-state index in [-0.39, 0.29) is 0 Å². The summed E-state index contributed by atoms with van der Waals surface area (Å²) in [7, 11) is 0. The van der Waals surface area contributed by atoms with Gasteiger partial charge >= 0.3 is 0 Å². The Morgan fingerprint density at radius 1 is 0.643 bits per heavy atom. The second-order valence-corrected chi connectivity index (χ2v) is 9.06. The summed E-state index contributed by atoms with van der Waals surface area (Å²) in [6.45, 7) is 4.18. The fourth-order valence-corrected chi connectivity index (χ4v) is 4.16. The molecule has 1 aromatic carbocycles. The molecule has 3 heteroatoms. The van der Waals surface area contributed by atoms with Crippen molar-refractivity contribution in [2.45, 2.75) is 116 Å². The van der Waals surface area contributed by atoms with Crippen molar-refractivity contribution in [2.75, 3.05) is 6.54 Å².